The summed E-state index contributed by atoms with van der Waals surface area (Å²) in [6.07, 6.45) is 3.51. The van der Waals surface area contributed by atoms with Crippen LogP contribution in [0, 0.1) is 0 Å². The number of nitrogens with zero attached hydrogens (tertiary/aromatic N) is 1. The largest absolute Gasteiger partial charge is 0.367 e. The van der Waals surface area contributed by atoms with Gasteiger partial charge >= 0.3 is 5.97 Å². The maximum Gasteiger partial charge on any atom is 0.367 e. The van der Waals surface area contributed by atoms with E-state index in [4.69, 9.17) is 0 Å². The molecule has 0 amide bonds. The number of carbonyl (C=O) groups is 1. The molecule has 2 rings (SSSR count). The molecule has 0 saturated carbocycles. The number of rotatable bonds is 1. The topological polar surface area (TPSA) is 54.4 Å². The summed E-state index contributed by atoms with van der Waals surface area (Å²) in [5.74, 6) is -0.396. The lowest BCUT2D eigenvalue weighted by molar-refractivity contribution is -0.136. The Morgan fingerprint density at radius 1 is 1.62 bits per heavy atom. The highest BCUT2D eigenvalue weighted by atomic mass is 16.7. The van der Waals surface area contributed by atoms with Gasteiger partial charge < -0.3 is 9.82 Å². The zero-order chi connectivity index (χ0) is 9.26. The van der Waals surface area contributed by atoms with Crippen molar-refractivity contribution >= 4 is 17.8 Å². The first-order chi connectivity index (χ1) is 6.27. The van der Waals surface area contributed by atoms with Crippen molar-refractivity contribution in [2.45, 2.75) is 6.92 Å². The zero-order valence-corrected chi connectivity index (χ0v) is 7.07. The number of aromatic amines is 1. The van der Waals surface area contributed by atoms with Gasteiger partial charge in [0.15, 0.2) is 0 Å². The van der Waals surface area contributed by atoms with Crippen LogP contribution < -0.4 is 0 Å². The van der Waals surface area contributed by atoms with Gasteiger partial charge in [-0.1, -0.05) is 5.16 Å². The van der Waals surface area contributed by atoms with Gasteiger partial charge in [0.2, 0.25) is 0 Å². The first-order valence-electron chi connectivity index (χ1n) is 3.89. The van der Waals surface area contributed by atoms with E-state index in [-0.39, 0.29) is 0 Å². The molecule has 1 aliphatic rings. The lowest BCUT2D eigenvalue weighted by Gasteiger charge is -1.90. The van der Waals surface area contributed by atoms with Gasteiger partial charge in [-0.05, 0) is 25.1 Å². The molecule has 0 spiro atoms. The Morgan fingerprint density at radius 2 is 2.46 bits per heavy atom. The van der Waals surface area contributed by atoms with E-state index in [1.165, 1.54) is 0 Å². The molecular formula is C9H8N2O2. The van der Waals surface area contributed by atoms with Crippen molar-refractivity contribution in [2.75, 3.05) is 0 Å². The van der Waals surface area contributed by atoms with Crippen LogP contribution in [0.25, 0.3) is 6.08 Å². The molecule has 0 aromatic carbocycles. The van der Waals surface area contributed by atoms with E-state index in [0.29, 0.717) is 11.3 Å². The van der Waals surface area contributed by atoms with E-state index in [2.05, 4.69) is 15.0 Å². The molecular weight excluding hydrogens is 168 g/mol. The van der Waals surface area contributed by atoms with Crippen LogP contribution in [0.1, 0.15) is 12.6 Å². The molecule has 1 aliphatic heterocycles. The van der Waals surface area contributed by atoms with Crippen LogP contribution >= 0.6 is 0 Å². The molecule has 4 nitrogen and oxygen atoms in total. The Hall–Kier alpha value is -1.84. The van der Waals surface area contributed by atoms with Crippen LogP contribution in [0.4, 0.5) is 0 Å². The second-order valence-corrected chi connectivity index (χ2v) is 2.74. The maximum absolute atomic E-state index is 11.1. The quantitative estimate of drug-likeness (QED) is 0.518. The van der Waals surface area contributed by atoms with Gasteiger partial charge in [0.1, 0.15) is 0 Å². The number of oxime groups is 1. The number of nitrogens with one attached hydrogen (secondary N) is 1. The number of hydrogen-bond acceptors (Lipinski definition) is 3. The van der Waals surface area contributed by atoms with Crippen LogP contribution in [-0.2, 0) is 9.63 Å². The SMILES string of the molecule is CC1=NOC(=O)C1=Cc1ccc[nH]1. The summed E-state index contributed by atoms with van der Waals surface area (Å²) in [5.41, 5.74) is 1.98. The zero-order valence-electron chi connectivity index (χ0n) is 7.07. The van der Waals surface area contributed by atoms with Crippen molar-refractivity contribution in [1.82, 2.24) is 4.98 Å². The molecule has 0 unspecified atom stereocenters. The fourth-order valence-corrected chi connectivity index (χ4v) is 1.11. The highest BCUT2D eigenvalue weighted by molar-refractivity contribution is 6.24. The van der Waals surface area contributed by atoms with Crippen LogP contribution in [-0.4, -0.2) is 16.7 Å². The maximum atomic E-state index is 11.1. The molecule has 0 fully saturated rings. The molecule has 0 atom stereocenters. The Balaban J connectivity index is 2.35. The third kappa shape index (κ3) is 1.38. The van der Waals surface area contributed by atoms with Crippen LogP contribution in [0.5, 0.6) is 0 Å². The van der Waals surface area contributed by atoms with Crippen molar-refractivity contribution < 1.29 is 9.63 Å². The van der Waals surface area contributed by atoms with E-state index in [9.17, 15) is 4.79 Å². The Morgan fingerprint density at radius 3 is 3.00 bits per heavy atom. The molecule has 1 aromatic heterocycles. The molecule has 0 radical (unpaired) electrons. The van der Waals surface area contributed by atoms with Gasteiger partial charge in [0.05, 0.1) is 11.3 Å². The molecule has 2 heterocycles. The summed E-state index contributed by atoms with van der Waals surface area (Å²) >= 11 is 0. The molecule has 4 heteroatoms. The third-order valence-electron chi connectivity index (χ3n) is 1.80. The van der Waals surface area contributed by atoms with Crippen molar-refractivity contribution in [3.05, 3.63) is 29.6 Å². The monoisotopic (exact) mass is 176 g/mol. The van der Waals surface area contributed by atoms with Gasteiger partial charge in [-0.25, -0.2) is 4.79 Å². The van der Waals surface area contributed by atoms with E-state index < -0.39 is 5.97 Å². The second-order valence-electron chi connectivity index (χ2n) is 2.74. The first-order valence-corrected chi connectivity index (χ1v) is 3.89. The number of hydrogen-bond donors (Lipinski definition) is 1. The summed E-state index contributed by atoms with van der Waals surface area (Å²) in [4.78, 5) is 18.6. The summed E-state index contributed by atoms with van der Waals surface area (Å²) in [5, 5.41) is 3.56. The minimum atomic E-state index is -0.396. The molecule has 66 valence electrons. The molecule has 13 heavy (non-hydrogen) atoms. The van der Waals surface area contributed by atoms with Crippen molar-refractivity contribution in [3.8, 4) is 0 Å². The van der Waals surface area contributed by atoms with E-state index >= 15 is 0 Å². The lowest BCUT2D eigenvalue weighted by Crippen LogP contribution is -2.01. The fourth-order valence-electron chi connectivity index (χ4n) is 1.11. The van der Waals surface area contributed by atoms with Gasteiger partial charge in [0, 0.05) is 11.9 Å². The average molecular weight is 176 g/mol. The van der Waals surface area contributed by atoms with E-state index in [1.807, 2.05) is 12.1 Å². The van der Waals surface area contributed by atoms with E-state index in [1.54, 1.807) is 19.2 Å². The summed E-state index contributed by atoms with van der Waals surface area (Å²) < 4.78 is 0. The Bertz CT molecular complexity index is 388. The molecule has 1 N–H and O–H groups in total. The van der Waals surface area contributed by atoms with Gasteiger partial charge in [-0.2, -0.15) is 0 Å². The average Bonchev–Trinajstić information content (AvgIpc) is 2.70. The summed E-state index contributed by atoms with van der Waals surface area (Å²) in [6.45, 7) is 1.74. The molecule has 0 saturated heterocycles. The van der Waals surface area contributed by atoms with Crippen LogP contribution in [0.15, 0.2) is 29.1 Å². The highest BCUT2D eigenvalue weighted by Crippen LogP contribution is 2.13. The number of H-pyrrole nitrogens is 1. The molecule has 0 aliphatic carbocycles. The van der Waals surface area contributed by atoms with Crippen LogP contribution in [0.2, 0.25) is 0 Å². The first kappa shape index (κ1) is 7.79. The standard InChI is InChI=1S/C9H8N2O2/c1-6-8(9(12)13-11-6)5-7-3-2-4-10-7/h2-5,10H,1H3. The van der Waals surface area contributed by atoms with Crippen molar-refractivity contribution in [1.29, 1.82) is 0 Å². The van der Waals surface area contributed by atoms with Crippen molar-refractivity contribution in [3.63, 3.8) is 0 Å². The number of carbonyl (C=O) groups excluding carboxylic acids is 1. The Kier molecular flexibility index (Phi) is 1.73. The van der Waals surface area contributed by atoms with Crippen molar-refractivity contribution in [2.24, 2.45) is 5.16 Å². The molecule has 0 bridgehead atoms. The van der Waals surface area contributed by atoms with Gasteiger partial charge in [0.25, 0.3) is 0 Å². The van der Waals surface area contributed by atoms with E-state index in [0.717, 1.165) is 5.69 Å². The van der Waals surface area contributed by atoms with Crippen LogP contribution in [0.3, 0.4) is 0 Å². The highest BCUT2D eigenvalue weighted by Gasteiger charge is 2.21. The fraction of sp³-hybridized carbons (Fsp3) is 0.111. The summed E-state index contributed by atoms with van der Waals surface area (Å²) in [6, 6.07) is 3.73. The predicted molar refractivity (Wildman–Crippen MR) is 48.0 cm³/mol. The lowest BCUT2D eigenvalue weighted by atomic mass is 10.1. The third-order valence-corrected chi connectivity index (χ3v) is 1.80. The minimum Gasteiger partial charge on any atom is -0.362 e. The van der Waals surface area contributed by atoms with Gasteiger partial charge in [-0.15, -0.1) is 0 Å². The molecule has 1 aromatic rings. The predicted octanol–water partition coefficient (Wildman–Crippen LogP) is 1.33. The minimum absolute atomic E-state index is 0.396. The smallest absolute Gasteiger partial charge is 0.362 e. The Labute approximate surface area is 74.9 Å². The second kappa shape index (κ2) is 2.90. The number of aromatic nitrogens is 1. The normalized spacial score (nSPS) is 19.0. The summed E-state index contributed by atoms with van der Waals surface area (Å²) in [7, 11) is 0. The van der Waals surface area contributed by atoms with Gasteiger partial charge in [-0.3, -0.25) is 0 Å².